The van der Waals surface area contributed by atoms with Gasteiger partial charge in [0.25, 0.3) is 0 Å². The van der Waals surface area contributed by atoms with Crippen molar-refractivity contribution in [3.63, 3.8) is 0 Å². The molecule has 2 aliphatic heterocycles. The van der Waals surface area contributed by atoms with Gasteiger partial charge < -0.3 is 14.3 Å². The lowest BCUT2D eigenvalue weighted by Gasteiger charge is -2.28. The molecule has 2 aromatic carbocycles. The van der Waals surface area contributed by atoms with Gasteiger partial charge in [-0.3, -0.25) is 14.5 Å². The number of para-hydroxylation sites is 1. The summed E-state index contributed by atoms with van der Waals surface area (Å²) in [5, 5.41) is 0. The van der Waals surface area contributed by atoms with E-state index in [0.29, 0.717) is 23.6 Å². The number of rotatable bonds is 5. The summed E-state index contributed by atoms with van der Waals surface area (Å²) in [7, 11) is 0. The summed E-state index contributed by atoms with van der Waals surface area (Å²) >= 11 is 0. The van der Waals surface area contributed by atoms with Crippen LogP contribution in [-0.4, -0.2) is 24.9 Å². The van der Waals surface area contributed by atoms with Crippen LogP contribution in [0.4, 0.5) is 5.69 Å². The lowest BCUT2D eigenvalue weighted by molar-refractivity contribution is -0.129. The van der Waals surface area contributed by atoms with Crippen LogP contribution in [0.1, 0.15) is 18.9 Å². The molecular weight excluding hydrogens is 346 g/mol. The Labute approximate surface area is 156 Å². The number of fused-ring (bicyclic) bond motifs is 1. The monoisotopic (exact) mass is 365 g/mol. The molecule has 0 bridgehead atoms. The van der Waals surface area contributed by atoms with Crippen molar-refractivity contribution in [3.05, 3.63) is 54.1 Å². The number of benzene rings is 2. The highest BCUT2D eigenvalue weighted by Crippen LogP contribution is 2.41. The number of aldehydes is 1. The fraction of sp³-hybridized carbons (Fsp3) is 0.286. The van der Waals surface area contributed by atoms with Crippen molar-refractivity contribution in [2.24, 2.45) is 11.3 Å². The van der Waals surface area contributed by atoms with Gasteiger partial charge in [-0.2, -0.15) is 0 Å². The van der Waals surface area contributed by atoms with Crippen LogP contribution in [0.3, 0.4) is 0 Å². The molecule has 0 unspecified atom stereocenters. The fourth-order valence-electron chi connectivity index (χ4n) is 3.73. The summed E-state index contributed by atoms with van der Waals surface area (Å²) in [5.41, 5.74) is 0.392. The summed E-state index contributed by atoms with van der Waals surface area (Å²) < 4.78 is 10.7. The Kier molecular flexibility index (Phi) is 4.18. The van der Waals surface area contributed by atoms with Gasteiger partial charge in [0.15, 0.2) is 11.5 Å². The molecule has 4 rings (SSSR count). The van der Waals surface area contributed by atoms with Crippen molar-refractivity contribution >= 4 is 23.8 Å². The Morgan fingerprint density at radius 3 is 2.59 bits per heavy atom. The van der Waals surface area contributed by atoms with Crippen molar-refractivity contribution in [3.8, 4) is 11.5 Å². The summed E-state index contributed by atoms with van der Waals surface area (Å²) in [5.74, 6) is -0.0287. The highest BCUT2D eigenvalue weighted by molar-refractivity contribution is 6.21. The topological polar surface area (TPSA) is 72.9 Å². The smallest absolute Gasteiger partial charge is 0.238 e. The summed E-state index contributed by atoms with van der Waals surface area (Å²) in [4.78, 5) is 38.7. The highest BCUT2D eigenvalue weighted by Gasteiger charge is 2.49. The number of imide groups is 1. The van der Waals surface area contributed by atoms with E-state index in [2.05, 4.69) is 0 Å². The van der Waals surface area contributed by atoms with E-state index in [-0.39, 0.29) is 25.0 Å². The van der Waals surface area contributed by atoms with Crippen molar-refractivity contribution < 1.29 is 23.9 Å². The lowest BCUT2D eigenvalue weighted by Crippen LogP contribution is -2.38. The van der Waals surface area contributed by atoms with E-state index in [9.17, 15) is 14.4 Å². The molecule has 0 N–H and O–H groups in total. The number of hydrogen-bond acceptors (Lipinski definition) is 5. The fourth-order valence-corrected chi connectivity index (χ4v) is 3.73. The highest BCUT2D eigenvalue weighted by atomic mass is 16.7. The Morgan fingerprint density at radius 1 is 1.11 bits per heavy atom. The van der Waals surface area contributed by atoms with Gasteiger partial charge in [0, 0.05) is 11.8 Å². The van der Waals surface area contributed by atoms with E-state index < -0.39 is 11.3 Å². The van der Waals surface area contributed by atoms with Gasteiger partial charge in [-0.25, -0.2) is 0 Å². The van der Waals surface area contributed by atoms with Gasteiger partial charge in [-0.05, 0) is 36.2 Å². The van der Waals surface area contributed by atoms with Crippen LogP contribution in [-0.2, 0) is 20.8 Å². The SMILES string of the molecule is C[C@](C=O)(Cc1ccc2c(c1)OCO2)[C@@H]1CC(=O)N(c2ccccc2)C1=O. The van der Waals surface area contributed by atoms with E-state index in [1.54, 1.807) is 37.3 Å². The summed E-state index contributed by atoms with van der Waals surface area (Å²) in [6.45, 7) is 1.90. The first-order valence-corrected chi connectivity index (χ1v) is 8.78. The first-order chi connectivity index (χ1) is 13.0. The Hall–Kier alpha value is -3.15. The number of nitrogens with zero attached hydrogens (tertiary/aromatic N) is 1. The maximum Gasteiger partial charge on any atom is 0.238 e. The van der Waals surface area contributed by atoms with Crippen LogP contribution in [0.5, 0.6) is 11.5 Å². The molecule has 1 fully saturated rings. The predicted octanol–water partition coefficient (Wildman–Crippen LogP) is 2.74. The largest absolute Gasteiger partial charge is 0.454 e. The maximum absolute atomic E-state index is 13.0. The molecule has 2 atom stereocenters. The average Bonchev–Trinajstić information content (AvgIpc) is 3.26. The second kappa shape index (κ2) is 6.54. The van der Waals surface area contributed by atoms with Crippen LogP contribution >= 0.6 is 0 Å². The van der Waals surface area contributed by atoms with Gasteiger partial charge in [0.05, 0.1) is 11.6 Å². The molecule has 27 heavy (non-hydrogen) atoms. The molecule has 2 heterocycles. The normalized spacial score (nSPS) is 20.6. The minimum Gasteiger partial charge on any atom is -0.454 e. The first kappa shape index (κ1) is 17.3. The van der Waals surface area contributed by atoms with Crippen molar-refractivity contribution in [2.75, 3.05) is 11.7 Å². The summed E-state index contributed by atoms with van der Waals surface area (Å²) in [6, 6.07) is 14.3. The minimum atomic E-state index is -0.996. The molecule has 0 saturated carbocycles. The number of anilines is 1. The average molecular weight is 365 g/mol. The molecule has 2 amide bonds. The van der Waals surface area contributed by atoms with E-state index in [1.165, 1.54) is 4.90 Å². The number of carbonyl (C=O) groups excluding carboxylic acids is 3. The first-order valence-electron chi connectivity index (χ1n) is 8.78. The molecule has 6 heteroatoms. The molecule has 0 radical (unpaired) electrons. The lowest BCUT2D eigenvalue weighted by atomic mass is 9.73. The third-order valence-electron chi connectivity index (χ3n) is 5.25. The zero-order chi connectivity index (χ0) is 19.0. The second-order valence-electron chi connectivity index (χ2n) is 7.15. The zero-order valence-corrected chi connectivity index (χ0v) is 14.9. The van der Waals surface area contributed by atoms with Crippen LogP contribution in [0.25, 0.3) is 0 Å². The van der Waals surface area contributed by atoms with Crippen molar-refractivity contribution in [1.82, 2.24) is 0 Å². The molecule has 0 spiro atoms. The molecule has 138 valence electrons. The number of ether oxygens (including phenoxy) is 2. The van der Waals surface area contributed by atoms with Crippen LogP contribution in [0.2, 0.25) is 0 Å². The van der Waals surface area contributed by atoms with Crippen LogP contribution < -0.4 is 14.4 Å². The van der Waals surface area contributed by atoms with Crippen LogP contribution in [0, 0.1) is 11.3 Å². The standard InChI is InChI=1S/C21H19NO5/c1-21(12-23,11-14-7-8-17-18(9-14)27-13-26-17)16-10-19(24)22(20(16)25)15-5-3-2-4-6-15/h2-9,12,16H,10-11,13H2,1H3/t16-,21-/m1/s1. The quantitative estimate of drug-likeness (QED) is 0.602. The molecule has 1 saturated heterocycles. The van der Waals surface area contributed by atoms with Crippen molar-refractivity contribution in [1.29, 1.82) is 0 Å². The predicted molar refractivity (Wildman–Crippen MR) is 97.5 cm³/mol. The molecule has 6 nitrogen and oxygen atoms in total. The Morgan fingerprint density at radius 2 is 1.85 bits per heavy atom. The van der Waals surface area contributed by atoms with Gasteiger partial charge in [-0.1, -0.05) is 31.2 Å². The Bertz CT molecular complexity index is 910. The van der Waals surface area contributed by atoms with E-state index >= 15 is 0 Å². The maximum atomic E-state index is 13.0. The van der Waals surface area contributed by atoms with Crippen molar-refractivity contribution in [2.45, 2.75) is 19.8 Å². The molecule has 2 aliphatic rings. The third kappa shape index (κ3) is 2.97. The molecule has 0 aromatic heterocycles. The van der Waals surface area contributed by atoms with Gasteiger partial charge in [-0.15, -0.1) is 0 Å². The van der Waals surface area contributed by atoms with Crippen LogP contribution in [0.15, 0.2) is 48.5 Å². The van der Waals surface area contributed by atoms with E-state index in [1.807, 2.05) is 18.2 Å². The van der Waals surface area contributed by atoms with Gasteiger partial charge in [0.2, 0.25) is 18.6 Å². The molecule has 2 aromatic rings. The number of carbonyl (C=O) groups is 3. The Balaban J connectivity index is 1.61. The number of amides is 2. The molecule has 0 aliphatic carbocycles. The summed E-state index contributed by atoms with van der Waals surface area (Å²) in [6.07, 6.45) is 1.15. The second-order valence-corrected chi connectivity index (χ2v) is 7.15. The van der Waals surface area contributed by atoms with E-state index in [0.717, 1.165) is 11.8 Å². The third-order valence-corrected chi connectivity index (χ3v) is 5.25. The van der Waals surface area contributed by atoms with Gasteiger partial charge >= 0.3 is 0 Å². The van der Waals surface area contributed by atoms with E-state index in [4.69, 9.17) is 9.47 Å². The minimum absolute atomic E-state index is 0.0213. The number of hydrogen-bond donors (Lipinski definition) is 0. The zero-order valence-electron chi connectivity index (χ0n) is 14.9. The molecular formula is C21H19NO5. The van der Waals surface area contributed by atoms with Gasteiger partial charge in [0.1, 0.15) is 6.29 Å².